The molecule has 0 radical (unpaired) electrons. The second-order valence-electron chi connectivity index (χ2n) is 7.66. The first-order chi connectivity index (χ1) is 13.4. The van der Waals surface area contributed by atoms with Crippen LogP contribution in [0.4, 0.5) is 17.6 Å². The third-order valence-corrected chi connectivity index (χ3v) is 6.86. The molecule has 2 aliphatic rings. The Balaban J connectivity index is 1.50. The predicted molar refractivity (Wildman–Crippen MR) is 112 cm³/mol. The van der Waals surface area contributed by atoms with E-state index in [1.54, 1.807) is 12.3 Å². The second-order valence-corrected chi connectivity index (χ2v) is 8.67. The maximum atomic E-state index is 6.47. The van der Waals surface area contributed by atoms with Gasteiger partial charge in [0.05, 0.1) is 5.69 Å². The van der Waals surface area contributed by atoms with Crippen molar-refractivity contribution in [1.29, 1.82) is 0 Å². The first-order valence-corrected chi connectivity index (χ1v) is 10.3. The standard InChI is InChI=1S/C19H26N8S/c1-11-3-5-19(14(11)20)6-9-27(10-7-19)16-12(2)24-17(15(21)26-16)28-13-4-8-23-18(22)25-13/h3-4,8,14H,5-7,9-10,20H2,1-2H3,(H2,21,26)(H2,22,23,25)/t14-/m1/s1. The van der Waals surface area contributed by atoms with E-state index in [1.165, 1.54) is 17.3 Å². The fourth-order valence-electron chi connectivity index (χ4n) is 4.17. The van der Waals surface area contributed by atoms with Gasteiger partial charge in [-0.05, 0) is 56.4 Å². The molecule has 2 aromatic heterocycles. The number of piperidine rings is 1. The zero-order valence-electron chi connectivity index (χ0n) is 16.2. The van der Waals surface area contributed by atoms with Crippen molar-refractivity contribution in [2.75, 3.05) is 29.5 Å². The monoisotopic (exact) mass is 398 g/mol. The van der Waals surface area contributed by atoms with Gasteiger partial charge in [-0.2, -0.15) is 0 Å². The number of nitrogen functional groups attached to an aromatic ring is 2. The van der Waals surface area contributed by atoms with Crippen LogP contribution in [0.25, 0.3) is 0 Å². The van der Waals surface area contributed by atoms with Gasteiger partial charge in [-0.1, -0.05) is 11.6 Å². The number of nitrogens with two attached hydrogens (primary N) is 3. The van der Waals surface area contributed by atoms with Crippen LogP contribution >= 0.6 is 11.8 Å². The number of hydrogen-bond acceptors (Lipinski definition) is 9. The minimum absolute atomic E-state index is 0.172. The van der Waals surface area contributed by atoms with Gasteiger partial charge in [-0.15, -0.1) is 0 Å². The Morgan fingerprint density at radius 3 is 2.54 bits per heavy atom. The highest BCUT2D eigenvalue weighted by molar-refractivity contribution is 7.99. The van der Waals surface area contributed by atoms with Gasteiger partial charge in [0.15, 0.2) is 11.6 Å². The Kier molecular flexibility index (Phi) is 4.88. The lowest BCUT2D eigenvalue weighted by atomic mass is 9.73. The Labute approximate surface area is 169 Å². The van der Waals surface area contributed by atoms with E-state index in [4.69, 9.17) is 17.2 Å². The predicted octanol–water partition coefficient (Wildman–Crippen LogP) is 2.15. The van der Waals surface area contributed by atoms with Gasteiger partial charge in [0.2, 0.25) is 5.95 Å². The fourth-order valence-corrected chi connectivity index (χ4v) is 4.97. The van der Waals surface area contributed by atoms with Crippen molar-refractivity contribution in [2.24, 2.45) is 11.1 Å². The number of aromatic nitrogens is 4. The lowest BCUT2D eigenvalue weighted by Gasteiger charge is -2.43. The number of aryl methyl sites for hydroxylation is 1. The molecule has 4 rings (SSSR count). The van der Waals surface area contributed by atoms with Crippen LogP contribution < -0.4 is 22.1 Å². The van der Waals surface area contributed by atoms with E-state index in [0.717, 1.165) is 43.9 Å². The minimum Gasteiger partial charge on any atom is -0.381 e. The largest absolute Gasteiger partial charge is 0.381 e. The van der Waals surface area contributed by atoms with E-state index in [1.807, 2.05) is 6.92 Å². The summed E-state index contributed by atoms with van der Waals surface area (Å²) >= 11 is 1.34. The molecule has 1 aliphatic carbocycles. The van der Waals surface area contributed by atoms with Gasteiger partial charge < -0.3 is 22.1 Å². The summed E-state index contributed by atoms with van der Waals surface area (Å²) in [5.74, 6) is 1.48. The summed E-state index contributed by atoms with van der Waals surface area (Å²) in [5.41, 5.74) is 20.7. The third-order valence-electron chi connectivity index (χ3n) is 5.93. The van der Waals surface area contributed by atoms with E-state index in [0.29, 0.717) is 15.9 Å². The maximum absolute atomic E-state index is 6.47. The Morgan fingerprint density at radius 2 is 1.89 bits per heavy atom. The second kappa shape index (κ2) is 7.21. The molecule has 3 heterocycles. The third kappa shape index (κ3) is 3.40. The summed E-state index contributed by atoms with van der Waals surface area (Å²) in [6.45, 7) is 5.94. The minimum atomic E-state index is 0.172. The summed E-state index contributed by atoms with van der Waals surface area (Å²) in [6, 6.07) is 1.95. The number of allylic oxidation sites excluding steroid dienone is 1. The average molecular weight is 399 g/mol. The van der Waals surface area contributed by atoms with E-state index < -0.39 is 0 Å². The van der Waals surface area contributed by atoms with E-state index >= 15 is 0 Å². The number of hydrogen-bond donors (Lipinski definition) is 3. The average Bonchev–Trinajstić information content (AvgIpc) is 2.94. The molecule has 0 saturated carbocycles. The summed E-state index contributed by atoms with van der Waals surface area (Å²) in [4.78, 5) is 19.7. The molecule has 8 nitrogen and oxygen atoms in total. The van der Waals surface area contributed by atoms with Crippen molar-refractivity contribution < 1.29 is 0 Å². The highest BCUT2D eigenvalue weighted by Crippen LogP contribution is 2.45. The van der Waals surface area contributed by atoms with Crippen molar-refractivity contribution >= 4 is 29.3 Å². The van der Waals surface area contributed by atoms with Crippen LogP contribution in [0.1, 0.15) is 31.9 Å². The molecule has 1 spiro atoms. The molecule has 0 aromatic carbocycles. The van der Waals surface area contributed by atoms with Gasteiger partial charge >= 0.3 is 0 Å². The molecule has 1 aliphatic heterocycles. The van der Waals surface area contributed by atoms with E-state index in [9.17, 15) is 0 Å². The van der Waals surface area contributed by atoms with Crippen LogP contribution in [0, 0.1) is 12.3 Å². The normalized spacial score (nSPS) is 21.2. The van der Waals surface area contributed by atoms with Crippen molar-refractivity contribution in [2.45, 2.75) is 49.2 Å². The summed E-state index contributed by atoms with van der Waals surface area (Å²) in [6.07, 6.45) is 7.11. The highest BCUT2D eigenvalue weighted by Gasteiger charge is 2.43. The molecule has 0 bridgehead atoms. The number of anilines is 3. The molecule has 2 aromatic rings. The summed E-state index contributed by atoms with van der Waals surface area (Å²) in [7, 11) is 0. The van der Waals surface area contributed by atoms with Gasteiger partial charge in [0.25, 0.3) is 0 Å². The fraction of sp³-hybridized carbons (Fsp3) is 0.474. The van der Waals surface area contributed by atoms with Crippen LogP contribution in [-0.2, 0) is 0 Å². The zero-order chi connectivity index (χ0) is 19.9. The summed E-state index contributed by atoms with van der Waals surface area (Å²) < 4.78 is 0. The molecule has 6 N–H and O–H groups in total. The van der Waals surface area contributed by atoms with Crippen LogP contribution in [-0.4, -0.2) is 39.1 Å². The van der Waals surface area contributed by atoms with Gasteiger partial charge in [-0.3, -0.25) is 0 Å². The van der Waals surface area contributed by atoms with Crippen molar-refractivity contribution in [3.63, 3.8) is 0 Å². The molecule has 0 amide bonds. The van der Waals surface area contributed by atoms with Crippen molar-refractivity contribution in [3.8, 4) is 0 Å². The van der Waals surface area contributed by atoms with Crippen molar-refractivity contribution in [1.82, 2.24) is 19.9 Å². The van der Waals surface area contributed by atoms with Crippen LogP contribution in [0.15, 0.2) is 34.0 Å². The maximum Gasteiger partial charge on any atom is 0.221 e. The first-order valence-electron chi connectivity index (χ1n) is 9.46. The Hall–Kier alpha value is -2.39. The molecule has 28 heavy (non-hydrogen) atoms. The molecule has 1 fully saturated rings. The molecule has 1 atom stereocenters. The SMILES string of the molecule is CC1=CCC2(CCN(c3nc(N)c(Sc4ccnc(N)n4)nc3C)CC2)[C@@H]1N. The Morgan fingerprint density at radius 1 is 1.14 bits per heavy atom. The van der Waals surface area contributed by atoms with Gasteiger partial charge in [0, 0.05) is 25.3 Å². The lowest BCUT2D eigenvalue weighted by Crippen LogP contribution is -2.48. The first kappa shape index (κ1) is 18.9. The summed E-state index contributed by atoms with van der Waals surface area (Å²) in [5, 5.41) is 1.32. The van der Waals surface area contributed by atoms with Gasteiger partial charge in [-0.25, -0.2) is 19.9 Å². The lowest BCUT2D eigenvalue weighted by molar-refractivity contribution is 0.205. The van der Waals surface area contributed by atoms with Crippen LogP contribution in [0.5, 0.6) is 0 Å². The van der Waals surface area contributed by atoms with Gasteiger partial charge in [0.1, 0.15) is 10.1 Å². The van der Waals surface area contributed by atoms with E-state index in [-0.39, 0.29) is 17.4 Å². The van der Waals surface area contributed by atoms with E-state index in [2.05, 4.69) is 37.8 Å². The molecular weight excluding hydrogens is 372 g/mol. The topological polar surface area (TPSA) is 133 Å². The number of nitrogens with zero attached hydrogens (tertiary/aromatic N) is 5. The quantitative estimate of drug-likeness (QED) is 0.525. The van der Waals surface area contributed by atoms with Crippen LogP contribution in [0.2, 0.25) is 0 Å². The van der Waals surface area contributed by atoms with Crippen LogP contribution in [0.3, 0.4) is 0 Å². The number of rotatable bonds is 3. The highest BCUT2D eigenvalue weighted by atomic mass is 32.2. The smallest absolute Gasteiger partial charge is 0.221 e. The molecular formula is C19H26N8S. The Bertz CT molecular complexity index is 920. The molecule has 0 unspecified atom stereocenters. The zero-order valence-corrected chi connectivity index (χ0v) is 17.0. The molecule has 1 saturated heterocycles. The molecule has 9 heteroatoms. The van der Waals surface area contributed by atoms with Crippen molar-refractivity contribution in [3.05, 3.63) is 29.6 Å². The molecule has 148 valence electrons.